The molecule has 3 aromatic rings. The van der Waals surface area contributed by atoms with Gasteiger partial charge in [0, 0.05) is 61.5 Å². The number of nitrogens with zero attached hydrogens (tertiary/aromatic N) is 3. The number of amides is 2. The van der Waals surface area contributed by atoms with Crippen LogP contribution in [0.1, 0.15) is 60.8 Å². The topological polar surface area (TPSA) is 199 Å². The molecule has 1 aromatic heterocycles. The van der Waals surface area contributed by atoms with E-state index in [0.717, 1.165) is 28.9 Å². The van der Waals surface area contributed by atoms with Gasteiger partial charge < -0.3 is 41.3 Å². The molecule has 2 aromatic carbocycles. The molecule has 2 unspecified atom stereocenters. The summed E-state index contributed by atoms with van der Waals surface area (Å²) >= 11 is 0. The minimum absolute atomic E-state index is 0.0132. The summed E-state index contributed by atoms with van der Waals surface area (Å²) in [5.74, 6) is -1.76. The number of aromatic nitrogens is 1. The Morgan fingerprint density at radius 1 is 0.745 bits per heavy atom. The fourth-order valence-electron chi connectivity index (χ4n) is 5.74. The van der Waals surface area contributed by atoms with Gasteiger partial charge in [-0.2, -0.15) is 0 Å². The lowest BCUT2D eigenvalue weighted by Gasteiger charge is -2.28. The molecule has 8 N–H and O–H groups in total. The Balaban J connectivity index is 1.56. The molecule has 0 radical (unpaired) electrons. The van der Waals surface area contributed by atoms with Crippen molar-refractivity contribution in [3.63, 3.8) is 0 Å². The van der Waals surface area contributed by atoms with Crippen LogP contribution in [0.15, 0.2) is 42.5 Å². The summed E-state index contributed by atoms with van der Waals surface area (Å²) in [6.07, 6.45) is -0.777. The van der Waals surface area contributed by atoms with Crippen molar-refractivity contribution in [2.75, 3.05) is 39.4 Å². The number of phenolic OH excluding ortho intramolecular Hbond substituents is 2. The van der Waals surface area contributed by atoms with Gasteiger partial charge in [-0.1, -0.05) is 18.2 Å². The first-order valence-corrected chi connectivity index (χ1v) is 15.7. The zero-order chi connectivity index (χ0) is 34.1. The summed E-state index contributed by atoms with van der Waals surface area (Å²) in [6.45, 7) is 5.63. The van der Waals surface area contributed by atoms with Crippen LogP contribution in [0.25, 0.3) is 0 Å². The van der Waals surface area contributed by atoms with E-state index in [2.05, 4.69) is 20.4 Å². The molecule has 0 saturated heterocycles. The van der Waals surface area contributed by atoms with Crippen LogP contribution in [0.4, 0.5) is 0 Å². The summed E-state index contributed by atoms with van der Waals surface area (Å²) in [5.41, 5.74) is 4.52. The number of hydrogen-bond acceptors (Lipinski definition) is 11. The Morgan fingerprint density at radius 2 is 1.17 bits per heavy atom. The molecule has 2 amide bonds. The van der Waals surface area contributed by atoms with Crippen LogP contribution >= 0.6 is 0 Å². The number of fused-ring (bicyclic) bond motifs is 2. The molecule has 13 nitrogen and oxygen atoms in total. The summed E-state index contributed by atoms with van der Waals surface area (Å²) in [4.78, 5) is 34.6. The monoisotopic (exact) mass is 651 g/mol. The van der Waals surface area contributed by atoms with Gasteiger partial charge in [-0.05, 0) is 68.8 Å². The zero-order valence-electron chi connectivity index (χ0n) is 26.8. The molecule has 13 heteroatoms. The number of phenols is 2. The van der Waals surface area contributed by atoms with Crippen LogP contribution in [0.3, 0.4) is 0 Å². The molecular weight excluding hydrogens is 606 g/mol. The third-order valence-electron chi connectivity index (χ3n) is 8.07. The maximum absolute atomic E-state index is 12.7. The lowest BCUT2D eigenvalue weighted by atomic mass is 10.0. The zero-order valence-corrected chi connectivity index (χ0v) is 26.8. The van der Waals surface area contributed by atoms with Crippen LogP contribution in [0, 0.1) is 13.8 Å². The number of nitrogens with one attached hydrogen (secondary N) is 2. The van der Waals surface area contributed by atoms with E-state index in [4.69, 9.17) is 15.2 Å². The van der Waals surface area contributed by atoms with E-state index in [1.54, 1.807) is 0 Å². The summed E-state index contributed by atoms with van der Waals surface area (Å²) in [6, 6.07) is 12.7. The van der Waals surface area contributed by atoms with Crippen molar-refractivity contribution < 1.29 is 40.2 Å². The quantitative estimate of drug-likeness (QED) is 0.144. The second kappa shape index (κ2) is 16.6. The maximum atomic E-state index is 12.7. The van der Waals surface area contributed by atoms with E-state index in [0.29, 0.717) is 63.2 Å². The lowest BCUT2D eigenvalue weighted by molar-refractivity contribution is 0.0540. The molecule has 1 aliphatic rings. The van der Waals surface area contributed by atoms with Gasteiger partial charge in [0.1, 0.15) is 24.0 Å². The second-order valence-electron chi connectivity index (χ2n) is 12.0. The van der Waals surface area contributed by atoms with Crippen molar-refractivity contribution >= 4 is 11.8 Å². The minimum atomic E-state index is -1.45. The van der Waals surface area contributed by atoms with Crippen molar-refractivity contribution in [2.45, 2.75) is 58.7 Å². The third kappa shape index (κ3) is 9.94. The molecular formula is C34H45N5O8. The number of aromatic hydroxyl groups is 2. The Hall–Kier alpha value is -4.11. The van der Waals surface area contributed by atoms with Crippen LogP contribution < -0.4 is 10.6 Å². The number of benzene rings is 2. The molecule has 0 fully saturated rings. The van der Waals surface area contributed by atoms with E-state index in [1.807, 2.05) is 44.2 Å². The molecule has 0 saturated carbocycles. The lowest BCUT2D eigenvalue weighted by Crippen LogP contribution is -2.37. The van der Waals surface area contributed by atoms with Crippen molar-refractivity contribution in [1.82, 2.24) is 25.4 Å². The van der Waals surface area contributed by atoms with Gasteiger partial charge in [0.25, 0.3) is 11.8 Å². The highest BCUT2D eigenvalue weighted by molar-refractivity contribution is 5.98. The first kappa shape index (κ1) is 35.7. The predicted octanol–water partition coefficient (Wildman–Crippen LogP) is 0.684. The number of carbonyl (C=O) groups is 2. The SMILES string of the molecule is Cc1cc(CN2CCCN(Cc3cc(C)cc(C(=O)NC(O)CO)c3O)CCc3cccc(n3)CC2)c(O)c(C(=O)NC(O)CO)c1. The molecule has 4 rings (SSSR count). The van der Waals surface area contributed by atoms with Gasteiger partial charge in [0.05, 0.1) is 24.3 Å². The van der Waals surface area contributed by atoms with Crippen molar-refractivity contribution in [1.29, 1.82) is 0 Å². The highest BCUT2D eigenvalue weighted by atomic mass is 16.3. The van der Waals surface area contributed by atoms with Crippen molar-refractivity contribution in [3.05, 3.63) is 87.2 Å². The standard InChI is InChI=1S/C34H45N5O8/c1-21-13-23(31(44)27(15-21)33(46)36-29(42)19-40)17-38-9-4-10-39(12-8-26-6-3-5-25(35-26)7-11-38)18-24-14-22(2)16-28(32(24)45)34(47)37-30(43)20-41/h3,5-6,13-16,29-30,40-45H,4,7-12,17-20H2,1-2H3,(H,36,46)(H,37,47). The Bertz CT molecular complexity index is 1440. The summed E-state index contributed by atoms with van der Waals surface area (Å²) < 4.78 is 0. The molecule has 2 heterocycles. The summed E-state index contributed by atoms with van der Waals surface area (Å²) in [7, 11) is 0. The molecule has 2 atom stereocenters. The molecule has 47 heavy (non-hydrogen) atoms. The fourth-order valence-corrected chi connectivity index (χ4v) is 5.74. The number of pyridine rings is 1. The van der Waals surface area contributed by atoms with Crippen LogP contribution in [0.2, 0.25) is 0 Å². The van der Waals surface area contributed by atoms with E-state index in [1.165, 1.54) is 12.1 Å². The smallest absolute Gasteiger partial charge is 0.257 e. The van der Waals surface area contributed by atoms with Gasteiger partial charge in [-0.15, -0.1) is 0 Å². The van der Waals surface area contributed by atoms with E-state index < -0.39 is 37.5 Å². The van der Waals surface area contributed by atoms with Crippen molar-refractivity contribution in [2.24, 2.45) is 0 Å². The highest BCUT2D eigenvalue weighted by Gasteiger charge is 2.22. The van der Waals surface area contributed by atoms with Gasteiger partial charge in [-0.3, -0.25) is 24.4 Å². The third-order valence-corrected chi connectivity index (χ3v) is 8.07. The second-order valence-corrected chi connectivity index (χ2v) is 12.0. The highest BCUT2D eigenvalue weighted by Crippen LogP contribution is 2.28. The Kier molecular flexibility index (Phi) is 12.6. The largest absolute Gasteiger partial charge is 0.507 e. The average Bonchev–Trinajstić information content (AvgIpc) is 3.04. The van der Waals surface area contributed by atoms with Crippen molar-refractivity contribution in [3.8, 4) is 11.5 Å². The maximum Gasteiger partial charge on any atom is 0.257 e. The average molecular weight is 652 g/mol. The van der Waals surface area contributed by atoms with Gasteiger partial charge in [0.15, 0.2) is 0 Å². The summed E-state index contributed by atoms with van der Waals surface area (Å²) in [5, 5.41) is 64.3. The number of carbonyl (C=O) groups excluding carboxylic acids is 2. The van der Waals surface area contributed by atoms with E-state index in [9.17, 15) is 30.0 Å². The molecule has 2 bridgehead atoms. The Labute approximate surface area is 274 Å². The first-order valence-electron chi connectivity index (χ1n) is 15.7. The number of aryl methyl sites for hydroxylation is 2. The van der Waals surface area contributed by atoms with Gasteiger partial charge in [-0.25, -0.2) is 0 Å². The predicted molar refractivity (Wildman–Crippen MR) is 174 cm³/mol. The normalized spacial score (nSPS) is 16.0. The molecule has 0 aliphatic carbocycles. The van der Waals surface area contributed by atoms with Gasteiger partial charge >= 0.3 is 0 Å². The van der Waals surface area contributed by atoms with E-state index >= 15 is 0 Å². The van der Waals surface area contributed by atoms with E-state index in [-0.39, 0.29) is 22.6 Å². The van der Waals surface area contributed by atoms with Crippen LogP contribution in [-0.4, -0.2) is 109 Å². The number of aliphatic hydroxyl groups is 4. The molecule has 0 spiro atoms. The molecule has 254 valence electrons. The fraction of sp³-hybridized carbons (Fsp3) is 0.441. The first-order chi connectivity index (χ1) is 22.5. The number of hydrogen-bond donors (Lipinski definition) is 8. The minimum Gasteiger partial charge on any atom is -0.507 e. The van der Waals surface area contributed by atoms with Crippen LogP contribution in [-0.2, 0) is 25.9 Å². The molecule has 1 aliphatic heterocycles. The van der Waals surface area contributed by atoms with Crippen LogP contribution in [0.5, 0.6) is 11.5 Å². The number of aliphatic hydroxyl groups excluding tert-OH is 4. The Morgan fingerprint density at radius 3 is 1.57 bits per heavy atom. The van der Waals surface area contributed by atoms with Gasteiger partial charge in [0.2, 0.25) is 0 Å². The number of rotatable bonds is 10.